The minimum Gasteiger partial charge on any atom is -0.398 e. The Bertz CT molecular complexity index is 346. The van der Waals surface area contributed by atoms with Gasteiger partial charge in [-0.25, -0.2) is 0 Å². The zero-order valence-electron chi connectivity index (χ0n) is 9.83. The van der Waals surface area contributed by atoms with Crippen LogP contribution in [0.5, 0.6) is 0 Å². The van der Waals surface area contributed by atoms with Crippen LogP contribution in [0.4, 0.5) is 5.69 Å². The fourth-order valence-electron chi connectivity index (χ4n) is 2.02. The van der Waals surface area contributed by atoms with E-state index in [9.17, 15) is 0 Å². The van der Waals surface area contributed by atoms with Crippen LogP contribution >= 0.6 is 11.8 Å². The quantitative estimate of drug-likeness (QED) is 0.626. The molecule has 0 bridgehead atoms. The first kappa shape index (κ1) is 11.8. The summed E-state index contributed by atoms with van der Waals surface area (Å²) in [5.74, 6) is 2.06. The van der Waals surface area contributed by atoms with Crippen molar-refractivity contribution in [1.29, 1.82) is 0 Å². The summed E-state index contributed by atoms with van der Waals surface area (Å²) in [6.45, 7) is 4.47. The predicted octanol–water partition coefficient (Wildman–Crippen LogP) is 2.67. The van der Waals surface area contributed by atoms with E-state index in [-0.39, 0.29) is 0 Å². The number of benzene rings is 1. The lowest BCUT2D eigenvalue weighted by Gasteiger charge is -2.22. The van der Waals surface area contributed by atoms with E-state index >= 15 is 0 Å². The Morgan fingerprint density at radius 3 is 2.88 bits per heavy atom. The van der Waals surface area contributed by atoms with Gasteiger partial charge < -0.3 is 11.1 Å². The van der Waals surface area contributed by atoms with Crippen molar-refractivity contribution in [3.63, 3.8) is 0 Å². The van der Waals surface area contributed by atoms with Gasteiger partial charge in [0.25, 0.3) is 0 Å². The van der Waals surface area contributed by atoms with Crippen LogP contribution in [0, 0.1) is 12.8 Å². The summed E-state index contributed by atoms with van der Waals surface area (Å²) < 4.78 is 0. The summed E-state index contributed by atoms with van der Waals surface area (Å²) in [6.07, 6.45) is 2.61. The molecule has 88 valence electrons. The number of piperidine rings is 1. The van der Waals surface area contributed by atoms with Gasteiger partial charge in [-0.15, -0.1) is 11.8 Å². The van der Waals surface area contributed by atoms with Gasteiger partial charge in [0.2, 0.25) is 0 Å². The fraction of sp³-hybridized carbons (Fsp3) is 0.538. The van der Waals surface area contributed by atoms with Crippen LogP contribution in [0.15, 0.2) is 23.1 Å². The van der Waals surface area contributed by atoms with Crippen molar-refractivity contribution in [3.8, 4) is 0 Å². The minimum atomic E-state index is 0.853. The molecule has 1 aliphatic rings. The van der Waals surface area contributed by atoms with Crippen molar-refractivity contribution >= 4 is 17.4 Å². The molecule has 0 spiro atoms. The maximum atomic E-state index is 5.97. The van der Waals surface area contributed by atoms with Crippen LogP contribution in [0.3, 0.4) is 0 Å². The minimum absolute atomic E-state index is 0.853. The van der Waals surface area contributed by atoms with E-state index < -0.39 is 0 Å². The number of hydrogen-bond acceptors (Lipinski definition) is 3. The average molecular weight is 236 g/mol. The summed E-state index contributed by atoms with van der Waals surface area (Å²) >= 11 is 1.91. The standard InChI is InChI=1S/C13H20N2S/c1-10-2-3-12(14)13(8-10)16-9-11-4-6-15-7-5-11/h2-3,8,11,15H,4-7,9,14H2,1H3. The van der Waals surface area contributed by atoms with Crippen LogP contribution in [0.2, 0.25) is 0 Å². The molecule has 1 saturated heterocycles. The first-order chi connectivity index (χ1) is 7.75. The number of hydrogen-bond donors (Lipinski definition) is 2. The Labute approximate surface area is 102 Å². The fourth-order valence-corrected chi connectivity index (χ4v) is 3.28. The van der Waals surface area contributed by atoms with E-state index in [1.165, 1.54) is 42.1 Å². The second-order valence-corrected chi connectivity index (χ2v) is 5.61. The topological polar surface area (TPSA) is 38.0 Å². The zero-order chi connectivity index (χ0) is 11.4. The third kappa shape index (κ3) is 3.16. The molecule has 2 nitrogen and oxygen atoms in total. The van der Waals surface area contributed by atoms with Gasteiger partial charge in [-0.2, -0.15) is 0 Å². The molecular weight excluding hydrogens is 216 g/mol. The van der Waals surface area contributed by atoms with Crippen molar-refractivity contribution in [1.82, 2.24) is 5.32 Å². The summed E-state index contributed by atoms with van der Waals surface area (Å²) in [5, 5.41) is 3.40. The van der Waals surface area contributed by atoms with Crippen LogP contribution in [-0.4, -0.2) is 18.8 Å². The molecule has 0 atom stereocenters. The highest BCUT2D eigenvalue weighted by Crippen LogP contribution is 2.29. The Morgan fingerprint density at radius 2 is 2.12 bits per heavy atom. The summed E-state index contributed by atoms with van der Waals surface area (Å²) in [5.41, 5.74) is 8.19. The largest absolute Gasteiger partial charge is 0.398 e. The molecular formula is C13H20N2S. The van der Waals surface area contributed by atoms with Crippen molar-refractivity contribution in [3.05, 3.63) is 23.8 Å². The highest BCUT2D eigenvalue weighted by atomic mass is 32.2. The molecule has 1 aromatic rings. The molecule has 0 saturated carbocycles. The molecule has 1 fully saturated rings. The lowest BCUT2D eigenvalue weighted by atomic mass is 10.0. The third-order valence-electron chi connectivity index (χ3n) is 3.10. The average Bonchev–Trinajstić information content (AvgIpc) is 2.32. The smallest absolute Gasteiger partial charge is 0.0452 e. The van der Waals surface area contributed by atoms with Crippen molar-refractivity contribution in [2.45, 2.75) is 24.7 Å². The van der Waals surface area contributed by atoms with Gasteiger partial charge in [-0.3, -0.25) is 0 Å². The Kier molecular flexibility index (Phi) is 4.13. The van der Waals surface area contributed by atoms with Crippen molar-refractivity contribution < 1.29 is 0 Å². The molecule has 2 rings (SSSR count). The SMILES string of the molecule is Cc1ccc(N)c(SCC2CCNCC2)c1. The Hall–Kier alpha value is -0.670. The van der Waals surface area contributed by atoms with Gasteiger partial charge in [0.15, 0.2) is 0 Å². The van der Waals surface area contributed by atoms with E-state index in [1.54, 1.807) is 0 Å². The lowest BCUT2D eigenvalue weighted by Crippen LogP contribution is -2.28. The number of nitrogen functional groups attached to an aromatic ring is 1. The normalized spacial score (nSPS) is 17.6. The Morgan fingerprint density at radius 1 is 1.38 bits per heavy atom. The van der Waals surface area contributed by atoms with Crippen LogP contribution in [-0.2, 0) is 0 Å². The lowest BCUT2D eigenvalue weighted by molar-refractivity contribution is 0.408. The van der Waals surface area contributed by atoms with Crippen molar-refractivity contribution in [2.75, 3.05) is 24.6 Å². The van der Waals surface area contributed by atoms with Gasteiger partial charge in [-0.05, 0) is 56.5 Å². The van der Waals surface area contributed by atoms with Gasteiger partial charge in [0, 0.05) is 16.3 Å². The molecule has 1 aromatic carbocycles. The molecule has 0 unspecified atom stereocenters. The summed E-state index contributed by atoms with van der Waals surface area (Å²) in [4.78, 5) is 1.25. The number of nitrogens with one attached hydrogen (secondary N) is 1. The first-order valence-corrected chi connectivity index (χ1v) is 6.94. The summed E-state index contributed by atoms with van der Waals surface area (Å²) in [7, 11) is 0. The van der Waals surface area contributed by atoms with Crippen molar-refractivity contribution in [2.24, 2.45) is 5.92 Å². The van der Waals surface area contributed by atoms with Crippen LogP contribution in [0.1, 0.15) is 18.4 Å². The number of nitrogens with two attached hydrogens (primary N) is 1. The molecule has 0 aliphatic carbocycles. The number of aryl methyl sites for hydroxylation is 1. The highest BCUT2D eigenvalue weighted by molar-refractivity contribution is 7.99. The molecule has 3 heteroatoms. The van der Waals surface area contributed by atoms with E-state index in [2.05, 4.69) is 24.4 Å². The monoisotopic (exact) mass is 236 g/mol. The number of rotatable bonds is 3. The molecule has 0 amide bonds. The first-order valence-electron chi connectivity index (χ1n) is 5.95. The van der Waals surface area contributed by atoms with Gasteiger partial charge in [-0.1, -0.05) is 6.07 Å². The van der Waals surface area contributed by atoms with Crippen LogP contribution < -0.4 is 11.1 Å². The molecule has 1 aliphatic heterocycles. The second kappa shape index (κ2) is 5.60. The maximum absolute atomic E-state index is 5.97. The third-order valence-corrected chi connectivity index (χ3v) is 4.40. The van der Waals surface area contributed by atoms with E-state index in [1.807, 2.05) is 17.8 Å². The van der Waals surface area contributed by atoms with Crippen LogP contribution in [0.25, 0.3) is 0 Å². The van der Waals surface area contributed by atoms with Gasteiger partial charge in [0.05, 0.1) is 0 Å². The number of anilines is 1. The highest BCUT2D eigenvalue weighted by Gasteiger charge is 2.13. The molecule has 0 radical (unpaired) electrons. The molecule has 0 aromatic heterocycles. The van der Waals surface area contributed by atoms with E-state index in [4.69, 9.17) is 5.73 Å². The molecule has 16 heavy (non-hydrogen) atoms. The zero-order valence-corrected chi connectivity index (χ0v) is 10.6. The predicted molar refractivity (Wildman–Crippen MR) is 71.9 cm³/mol. The van der Waals surface area contributed by atoms with E-state index in [0.29, 0.717) is 0 Å². The maximum Gasteiger partial charge on any atom is 0.0452 e. The molecule has 1 heterocycles. The van der Waals surface area contributed by atoms with Gasteiger partial charge in [0.1, 0.15) is 0 Å². The van der Waals surface area contributed by atoms with E-state index in [0.717, 1.165) is 11.6 Å². The Balaban J connectivity index is 1.90. The summed E-state index contributed by atoms with van der Waals surface area (Å²) in [6, 6.07) is 6.28. The number of thioether (sulfide) groups is 1. The van der Waals surface area contributed by atoms with Gasteiger partial charge >= 0.3 is 0 Å². The second-order valence-electron chi connectivity index (χ2n) is 4.55. The molecule has 3 N–H and O–H groups in total.